The fraction of sp³-hybridized carbons (Fsp3) is 0.405. The highest BCUT2D eigenvalue weighted by atomic mass is 16.5. The van der Waals surface area contributed by atoms with Crippen LogP contribution in [0.2, 0.25) is 0 Å². The van der Waals surface area contributed by atoms with Gasteiger partial charge in [0.25, 0.3) is 0 Å². The zero-order valence-electron chi connectivity index (χ0n) is 27.2. The summed E-state index contributed by atoms with van der Waals surface area (Å²) in [6.45, 7) is 13.8. The number of carboxylic acids is 1. The number of likely N-dealkylation sites (tertiary alicyclic amines) is 1. The molecule has 236 valence electrons. The molecule has 0 spiro atoms. The van der Waals surface area contributed by atoms with Crippen molar-refractivity contribution >= 4 is 23.3 Å². The summed E-state index contributed by atoms with van der Waals surface area (Å²) in [5.74, 6) is 1.13. The molecule has 0 aliphatic carbocycles. The average molecular weight is 600 g/mol. The number of carbonyl (C=O) groups is 2. The number of ether oxygens (including phenoxy) is 1. The smallest absolute Gasteiger partial charge is 0.335 e. The minimum atomic E-state index is -0.967. The minimum absolute atomic E-state index is 0.00445. The molecule has 3 N–H and O–H groups in total. The highest BCUT2D eigenvalue weighted by Crippen LogP contribution is 2.29. The predicted octanol–water partition coefficient (Wildman–Crippen LogP) is 8.62. The van der Waals surface area contributed by atoms with Crippen LogP contribution < -0.4 is 15.4 Å². The molecule has 1 aliphatic rings. The van der Waals surface area contributed by atoms with Crippen molar-refractivity contribution in [3.8, 4) is 5.75 Å². The molecule has 44 heavy (non-hydrogen) atoms. The number of nitrogens with zero attached hydrogens (tertiary/aromatic N) is 1. The highest BCUT2D eigenvalue weighted by Gasteiger charge is 2.29. The van der Waals surface area contributed by atoms with E-state index in [0.717, 1.165) is 60.6 Å². The molecule has 7 nitrogen and oxygen atoms in total. The maximum atomic E-state index is 13.3. The van der Waals surface area contributed by atoms with Gasteiger partial charge in [0, 0.05) is 17.9 Å². The van der Waals surface area contributed by atoms with Crippen molar-refractivity contribution < 1.29 is 19.4 Å². The lowest BCUT2D eigenvalue weighted by molar-refractivity contribution is -0.131. The standard InChI is InChI=1S/C35H43N3O4.C2H6/c1-5-10-33(37-32-13-8-7-12-30(32)24(3)6-2)36-31-19-14-26(21-25(31)4)22-34(39)38-20-9-11-28(38)23-42-29-17-15-27(16-18-29)35(40)41;1-2/h7-8,10,12-19,21,24,28,36-37H,5-6,9,11,20,22-23H2,1-4H3,(H,40,41);1-2H3/b33-10-;. The molecular weight excluding hydrogens is 550 g/mol. The Balaban J connectivity index is 0.00000259. The highest BCUT2D eigenvalue weighted by molar-refractivity contribution is 5.87. The van der Waals surface area contributed by atoms with Gasteiger partial charge in [-0.2, -0.15) is 0 Å². The third-order valence-electron chi connectivity index (χ3n) is 7.94. The molecule has 0 radical (unpaired) electrons. The van der Waals surface area contributed by atoms with E-state index in [2.05, 4.69) is 80.8 Å². The summed E-state index contributed by atoms with van der Waals surface area (Å²) in [4.78, 5) is 26.3. The van der Waals surface area contributed by atoms with Crippen LogP contribution >= 0.6 is 0 Å². The molecule has 1 aliphatic heterocycles. The molecule has 3 aromatic carbocycles. The summed E-state index contributed by atoms with van der Waals surface area (Å²) >= 11 is 0. The fourth-order valence-electron chi connectivity index (χ4n) is 5.36. The van der Waals surface area contributed by atoms with Crippen molar-refractivity contribution in [2.24, 2.45) is 0 Å². The van der Waals surface area contributed by atoms with Crippen LogP contribution in [0.15, 0.2) is 78.6 Å². The van der Waals surface area contributed by atoms with E-state index in [4.69, 9.17) is 9.84 Å². The summed E-state index contributed by atoms with van der Waals surface area (Å²) in [7, 11) is 0. The molecule has 1 saturated heterocycles. The van der Waals surface area contributed by atoms with Crippen LogP contribution in [0.3, 0.4) is 0 Å². The number of para-hydroxylation sites is 1. The maximum absolute atomic E-state index is 13.3. The number of hydrogen-bond donors (Lipinski definition) is 3. The van der Waals surface area contributed by atoms with Gasteiger partial charge in [-0.05, 0) is 97.7 Å². The predicted molar refractivity (Wildman–Crippen MR) is 181 cm³/mol. The fourth-order valence-corrected chi connectivity index (χ4v) is 5.36. The number of carbonyl (C=O) groups excluding carboxylic acids is 1. The molecule has 7 heteroatoms. The summed E-state index contributed by atoms with van der Waals surface area (Å²) in [6.07, 6.45) is 6.29. The molecule has 0 aromatic heterocycles. The Morgan fingerprint density at radius 3 is 2.39 bits per heavy atom. The molecular formula is C37H49N3O4. The number of anilines is 2. The van der Waals surface area contributed by atoms with E-state index in [9.17, 15) is 9.59 Å². The Bertz CT molecular complexity index is 1400. The Morgan fingerprint density at radius 1 is 1.02 bits per heavy atom. The van der Waals surface area contributed by atoms with Crippen LogP contribution in [0.1, 0.15) is 93.3 Å². The lowest BCUT2D eigenvalue weighted by atomic mass is 9.97. The van der Waals surface area contributed by atoms with Crippen LogP contribution in [0.4, 0.5) is 11.4 Å². The second-order valence-electron chi connectivity index (χ2n) is 11.0. The molecule has 3 aromatic rings. The topological polar surface area (TPSA) is 90.9 Å². The first-order valence-corrected chi connectivity index (χ1v) is 16.0. The van der Waals surface area contributed by atoms with Gasteiger partial charge in [0.1, 0.15) is 18.2 Å². The van der Waals surface area contributed by atoms with E-state index in [-0.39, 0.29) is 17.5 Å². The largest absolute Gasteiger partial charge is 0.491 e. The number of aromatic carboxylic acids is 1. The number of rotatable bonds is 13. The first kappa shape index (κ1) is 34.2. The molecule has 0 bridgehead atoms. The van der Waals surface area contributed by atoms with Gasteiger partial charge in [0.2, 0.25) is 5.91 Å². The van der Waals surface area contributed by atoms with Gasteiger partial charge >= 0.3 is 5.97 Å². The minimum Gasteiger partial charge on any atom is -0.491 e. The normalized spacial score (nSPS) is 15.2. The molecule has 1 fully saturated rings. The zero-order chi connectivity index (χ0) is 32.1. The lowest BCUT2D eigenvalue weighted by Crippen LogP contribution is -2.39. The van der Waals surface area contributed by atoms with Crippen LogP contribution in [0, 0.1) is 6.92 Å². The number of hydrogen-bond acceptors (Lipinski definition) is 5. The van der Waals surface area contributed by atoms with Gasteiger partial charge in [-0.25, -0.2) is 4.79 Å². The summed E-state index contributed by atoms with van der Waals surface area (Å²) in [5.41, 5.74) is 5.69. The van der Waals surface area contributed by atoms with Crippen molar-refractivity contribution in [1.29, 1.82) is 0 Å². The number of nitrogens with one attached hydrogen (secondary N) is 2. The molecule has 4 rings (SSSR count). The van der Waals surface area contributed by atoms with Gasteiger partial charge < -0.3 is 25.4 Å². The van der Waals surface area contributed by atoms with Crippen LogP contribution in [-0.2, 0) is 11.2 Å². The van der Waals surface area contributed by atoms with Crippen molar-refractivity contribution in [2.75, 3.05) is 23.8 Å². The van der Waals surface area contributed by atoms with E-state index in [1.54, 1.807) is 12.1 Å². The zero-order valence-corrected chi connectivity index (χ0v) is 27.2. The van der Waals surface area contributed by atoms with E-state index in [0.29, 0.717) is 24.7 Å². The van der Waals surface area contributed by atoms with Gasteiger partial charge in [-0.3, -0.25) is 4.79 Å². The van der Waals surface area contributed by atoms with Crippen LogP contribution in [-0.4, -0.2) is 41.1 Å². The number of amides is 1. The maximum Gasteiger partial charge on any atom is 0.335 e. The Labute approximate surface area is 263 Å². The second kappa shape index (κ2) is 17.1. The van der Waals surface area contributed by atoms with E-state index < -0.39 is 5.97 Å². The lowest BCUT2D eigenvalue weighted by Gasteiger charge is -2.25. The third kappa shape index (κ3) is 9.37. The molecule has 2 unspecified atom stereocenters. The van der Waals surface area contributed by atoms with Crippen molar-refractivity contribution in [3.05, 3.63) is 101 Å². The van der Waals surface area contributed by atoms with Crippen LogP contribution in [0.25, 0.3) is 0 Å². The van der Waals surface area contributed by atoms with Gasteiger partial charge in [-0.15, -0.1) is 0 Å². The van der Waals surface area contributed by atoms with E-state index in [1.807, 2.05) is 24.8 Å². The summed E-state index contributed by atoms with van der Waals surface area (Å²) in [5, 5.41) is 16.3. The first-order valence-electron chi connectivity index (χ1n) is 16.0. The van der Waals surface area contributed by atoms with Crippen molar-refractivity contribution in [3.63, 3.8) is 0 Å². The van der Waals surface area contributed by atoms with Gasteiger partial charge in [0.15, 0.2) is 0 Å². The quantitative estimate of drug-likeness (QED) is 0.182. The van der Waals surface area contributed by atoms with Gasteiger partial charge in [-0.1, -0.05) is 65.0 Å². The number of allylic oxidation sites excluding steroid dienone is 1. The summed E-state index contributed by atoms with van der Waals surface area (Å²) in [6, 6.07) is 21.0. The number of carboxylic acid groups (broad SMARTS) is 1. The third-order valence-corrected chi connectivity index (χ3v) is 7.94. The number of benzene rings is 3. The summed E-state index contributed by atoms with van der Waals surface area (Å²) < 4.78 is 5.91. The van der Waals surface area contributed by atoms with E-state index >= 15 is 0 Å². The Morgan fingerprint density at radius 2 is 1.73 bits per heavy atom. The second-order valence-corrected chi connectivity index (χ2v) is 11.0. The molecule has 1 amide bonds. The van der Waals surface area contributed by atoms with Crippen LogP contribution in [0.5, 0.6) is 5.75 Å². The Hall–Kier alpha value is -4.26. The molecule has 1 heterocycles. The van der Waals surface area contributed by atoms with Crippen molar-refractivity contribution in [1.82, 2.24) is 4.90 Å². The monoisotopic (exact) mass is 599 g/mol. The SMILES string of the molecule is CC.CC/C=C(/Nc1ccc(CC(=O)N2CCCC2COc2ccc(C(=O)O)cc2)cc1C)Nc1ccccc1C(C)CC. The molecule has 2 atom stereocenters. The van der Waals surface area contributed by atoms with Gasteiger partial charge in [0.05, 0.1) is 18.0 Å². The number of aryl methyl sites for hydroxylation is 1. The average Bonchev–Trinajstić information content (AvgIpc) is 3.51. The molecule has 0 saturated carbocycles. The van der Waals surface area contributed by atoms with E-state index in [1.165, 1.54) is 17.7 Å². The Kier molecular flexibility index (Phi) is 13.3. The van der Waals surface area contributed by atoms with Crippen molar-refractivity contribution in [2.45, 2.75) is 85.6 Å². The first-order chi connectivity index (χ1) is 21.3.